The molecule has 0 radical (unpaired) electrons. The summed E-state index contributed by atoms with van der Waals surface area (Å²) >= 11 is 0. The number of rotatable bonds is 6. The molecule has 1 aliphatic rings. The topological polar surface area (TPSA) is 48.9 Å². The van der Waals surface area contributed by atoms with E-state index in [1.165, 1.54) is 5.56 Å². The monoisotopic (exact) mass is 332 g/mol. The van der Waals surface area contributed by atoms with Gasteiger partial charge in [0.25, 0.3) is 0 Å². The van der Waals surface area contributed by atoms with E-state index in [-0.39, 0.29) is 12.1 Å². The minimum Gasteiger partial charge on any atom is -0.374 e. The van der Waals surface area contributed by atoms with Gasteiger partial charge in [-0.1, -0.05) is 44.2 Å². The van der Waals surface area contributed by atoms with Crippen LogP contribution in [0.5, 0.6) is 0 Å². The Morgan fingerprint density at radius 1 is 1.29 bits per heavy atom. The van der Waals surface area contributed by atoms with E-state index < -0.39 is 0 Å². The fraction of sp³-hybridized carbons (Fsp3) is 0.632. The van der Waals surface area contributed by atoms with Crippen LogP contribution >= 0.6 is 0 Å². The molecule has 0 saturated carbocycles. The Hall–Kier alpha value is -1.59. The lowest BCUT2D eigenvalue weighted by Gasteiger charge is -2.34. The molecule has 0 bridgehead atoms. The third kappa shape index (κ3) is 6.13. The van der Waals surface area contributed by atoms with Crippen LogP contribution in [0.4, 0.5) is 0 Å². The molecule has 2 unspecified atom stereocenters. The zero-order valence-corrected chi connectivity index (χ0v) is 15.5. The van der Waals surface area contributed by atoms with Crippen LogP contribution in [-0.2, 0) is 4.74 Å². The molecule has 134 valence electrons. The van der Waals surface area contributed by atoms with Crippen LogP contribution in [0.3, 0.4) is 0 Å². The van der Waals surface area contributed by atoms with Gasteiger partial charge in [0.15, 0.2) is 5.96 Å². The van der Waals surface area contributed by atoms with Gasteiger partial charge in [-0.2, -0.15) is 0 Å². The van der Waals surface area contributed by atoms with Crippen LogP contribution in [0.1, 0.15) is 32.4 Å². The van der Waals surface area contributed by atoms with Crippen LogP contribution < -0.4 is 10.6 Å². The SMILES string of the molecule is CN=C(NCC1CN(CC(C)C)CCO1)NC(C)c1ccccc1. The molecule has 0 aromatic heterocycles. The van der Waals surface area contributed by atoms with E-state index in [9.17, 15) is 0 Å². The summed E-state index contributed by atoms with van der Waals surface area (Å²) in [5, 5.41) is 6.84. The Labute approximate surface area is 146 Å². The fourth-order valence-corrected chi connectivity index (χ4v) is 3.02. The summed E-state index contributed by atoms with van der Waals surface area (Å²) in [6.07, 6.45) is 0.211. The fourth-order valence-electron chi connectivity index (χ4n) is 3.02. The molecular weight excluding hydrogens is 300 g/mol. The third-order valence-corrected chi connectivity index (χ3v) is 4.22. The summed E-state index contributed by atoms with van der Waals surface area (Å²) in [5.41, 5.74) is 1.25. The van der Waals surface area contributed by atoms with Gasteiger partial charge in [-0.25, -0.2) is 0 Å². The highest BCUT2D eigenvalue weighted by atomic mass is 16.5. The highest BCUT2D eigenvalue weighted by Gasteiger charge is 2.21. The van der Waals surface area contributed by atoms with E-state index in [2.05, 4.69) is 65.6 Å². The standard InChI is InChI=1S/C19H32N4O/c1-15(2)13-23-10-11-24-18(14-23)12-21-19(20-4)22-16(3)17-8-6-5-7-9-17/h5-9,15-16,18H,10-14H2,1-4H3,(H2,20,21,22). The van der Waals surface area contributed by atoms with Gasteiger partial charge in [0.2, 0.25) is 0 Å². The Balaban J connectivity index is 1.79. The molecule has 1 aromatic carbocycles. The molecule has 1 saturated heterocycles. The van der Waals surface area contributed by atoms with Gasteiger partial charge < -0.3 is 15.4 Å². The first-order valence-electron chi connectivity index (χ1n) is 8.94. The van der Waals surface area contributed by atoms with Crippen molar-refractivity contribution in [3.05, 3.63) is 35.9 Å². The van der Waals surface area contributed by atoms with Crippen molar-refractivity contribution in [2.45, 2.75) is 32.9 Å². The van der Waals surface area contributed by atoms with Crippen LogP contribution in [0.15, 0.2) is 35.3 Å². The maximum absolute atomic E-state index is 5.89. The van der Waals surface area contributed by atoms with E-state index in [0.717, 1.165) is 38.7 Å². The first-order valence-corrected chi connectivity index (χ1v) is 8.94. The number of nitrogens with zero attached hydrogens (tertiary/aromatic N) is 2. The van der Waals surface area contributed by atoms with Gasteiger partial charge in [0, 0.05) is 33.2 Å². The summed E-state index contributed by atoms with van der Waals surface area (Å²) in [6.45, 7) is 11.4. The van der Waals surface area contributed by atoms with E-state index in [1.807, 2.05) is 6.07 Å². The first-order chi connectivity index (χ1) is 11.6. The molecule has 5 nitrogen and oxygen atoms in total. The van der Waals surface area contributed by atoms with Gasteiger partial charge >= 0.3 is 0 Å². The number of ether oxygens (including phenoxy) is 1. The number of hydrogen-bond donors (Lipinski definition) is 2. The van der Waals surface area contributed by atoms with Crippen molar-refractivity contribution in [1.29, 1.82) is 0 Å². The summed E-state index contributed by atoms with van der Waals surface area (Å²) in [5.74, 6) is 1.51. The molecule has 5 heteroatoms. The Kier molecular flexibility index (Phi) is 7.53. The highest BCUT2D eigenvalue weighted by Crippen LogP contribution is 2.11. The van der Waals surface area contributed by atoms with Crippen LogP contribution in [0, 0.1) is 5.92 Å². The number of aliphatic imine (C=N–C) groups is 1. The van der Waals surface area contributed by atoms with Crippen molar-refractivity contribution in [3.63, 3.8) is 0 Å². The van der Waals surface area contributed by atoms with Gasteiger partial charge in [-0.15, -0.1) is 0 Å². The third-order valence-electron chi connectivity index (χ3n) is 4.22. The highest BCUT2D eigenvalue weighted by molar-refractivity contribution is 5.80. The molecule has 1 fully saturated rings. The maximum atomic E-state index is 5.89. The molecule has 2 atom stereocenters. The normalized spacial score (nSPS) is 20.9. The average Bonchev–Trinajstić information content (AvgIpc) is 2.59. The van der Waals surface area contributed by atoms with Crippen molar-refractivity contribution in [3.8, 4) is 0 Å². The van der Waals surface area contributed by atoms with Gasteiger partial charge in [-0.3, -0.25) is 9.89 Å². The van der Waals surface area contributed by atoms with E-state index in [4.69, 9.17) is 4.74 Å². The number of guanidine groups is 1. The lowest BCUT2D eigenvalue weighted by molar-refractivity contribution is -0.0284. The summed E-state index contributed by atoms with van der Waals surface area (Å²) in [6, 6.07) is 10.6. The number of morpholine rings is 1. The van der Waals surface area contributed by atoms with Gasteiger partial charge in [0.05, 0.1) is 18.8 Å². The number of nitrogens with one attached hydrogen (secondary N) is 2. The van der Waals surface area contributed by atoms with Crippen molar-refractivity contribution in [2.24, 2.45) is 10.9 Å². The van der Waals surface area contributed by atoms with Crippen molar-refractivity contribution in [1.82, 2.24) is 15.5 Å². The summed E-state index contributed by atoms with van der Waals surface area (Å²) in [7, 11) is 1.81. The molecule has 1 aromatic rings. The van der Waals surface area contributed by atoms with E-state index >= 15 is 0 Å². The molecule has 0 amide bonds. The number of hydrogen-bond acceptors (Lipinski definition) is 3. The summed E-state index contributed by atoms with van der Waals surface area (Å²) in [4.78, 5) is 6.82. The largest absolute Gasteiger partial charge is 0.374 e. The predicted molar refractivity (Wildman–Crippen MR) is 100 cm³/mol. The van der Waals surface area contributed by atoms with E-state index in [1.54, 1.807) is 7.05 Å². The second-order valence-electron chi connectivity index (χ2n) is 6.88. The first kappa shape index (κ1) is 18.7. The molecule has 0 spiro atoms. The Bertz CT molecular complexity index is 503. The lowest BCUT2D eigenvalue weighted by atomic mass is 10.1. The second-order valence-corrected chi connectivity index (χ2v) is 6.88. The molecule has 24 heavy (non-hydrogen) atoms. The van der Waals surface area contributed by atoms with Crippen molar-refractivity contribution in [2.75, 3.05) is 39.8 Å². The summed E-state index contributed by atoms with van der Waals surface area (Å²) < 4.78 is 5.89. The van der Waals surface area contributed by atoms with Crippen LogP contribution in [0.25, 0.3) is 0 Å². The average molecular weight is 332 g/mol. The predicted octanol–water partition coefficient (Wildman–Crippen LogP) is 2.27. The Morgan fingerprint density at radius 2 is 2.04 bits per heavy atom. The molecule has 2 N–H and O–H groups in total. The zero-order valence-electron chi connectivity index (χ0n) is 15.5. The lowest BCUT2D eigenvalue weighted by Crippen LogP contribution is -2.50. The minimum atomic E-state index is 0.210. The van der Waals surface area contributed by atoms with Gasteiger partial charge in [-0.05, 0) is 18.4 Å². The molecule has 0 aliphatic carbocycles. The van der Waals surface area contributed by atoms with E-state index in [0.29, 0.717) is 5.92 Å². The van der Waals surface area contributed by atoms with Crippen molar-refractivity contribution >= 4 is 5.96 Å². The minimum absolute atomic E-state index is 0.210. The van der Waals surface area contributed by atoms with Crippen LogP contribution in [0.2, 0.25) is 0 Å². The zero-order chi connectivity index (χ0) is 17.4. The number of benzene rings is 1. The smallest absolute Gasteiger partial charge is 0.191 e. The quantitative estimate of drug-likeness (QED) is 0.620. The second kappa shape index (κ2) is 9.64. The van der Waals surface area contributed by atoms with Gasteiger partial charge in [0.1, 0.15) is 0 Å². The molecule has 2 rings (SSSR count). The van der Waals surface area contributed by atoms with Crippen molar-refractivity contribution < 1.29 is 4.74 Å². The molecule has 1 aliphatic heterocycles. The maximum Gasteiger partial charge on any atom is 0.191 e. The molecular formula is C19H32N4O. The Morgan fingerprint density at radius 3 is 2.71 bits per heavy atom. The van der Waals surface area contributed by atoms with Crippen LogP contribution in [-0.4, -0.2) is 56.8 Å². The molecule has 1 heterocycles.